The van der Waals surface area contributed by atoms with E-state index in [0.29, 0.717) is 0 Å². The first-order valence-electron chi connectivity index (χ1n) is 6.05. The van der Waals surface area contributed by atoms with Crippen LogP contribution in [0.2, 0.25) is 0 Å². The number of nitrogens with zero attached hydrogens (tertiary/aromatic N) is 5. The smallest absolute Gasteiger partial charge is 0.122 e. The predicted molar refractivity (Wildman–Crippen MR) is 72.0 cm³/mol. The minimum atomic E-state index is 0.906. The zero-order valence-corrected chi connectivity index (χ0v) is 12.2. The lowest BCUT2D eigenvalue weighted by Gasteiger charge is -2.27. The van der Waals surface area contributed by atoms with Gasteiger partial charge in [-0.15, -0.1) is 0 Å². The van der Waals surface area contributed by atoms with Crippen molar-refractivity contribution < 1.29 is 0 Å². The van der Waals surface area contributed by atoms with Crippen LogP contribution in [0.4, 0.5) is 0 Å². The summed E-state index contributed by atoms with van der Waals surface area (Å²) in [5.41, 5.74) is 2.28. The second-order valence-electron chi connectivity index (χ2n) is 4.72. The van der Waals surface area contributed by atoms with Crippen LogP contribution in [0.25, 0.3) is 0 Å². The molecule has 2 aromatic heterocycles. The maximum atomic E-state index is 4.43. The van der Waals surface area contributed by atoms with Crippen LogP contribution in [0, 0.1) is 6.92 Å². The average molecular weight is 310 g/mol. The Morgan fingerprint density at radius 3 is 2.94 bits per heavy atom. The van der Waals surface area contributed by atoms with Crippen LogP contribution in [0.15, 0.2) is 16.9 Å². The SMILES string of the molecule is Cc1nn(C)c(CN2CCn3ccnc3C2)c1Br. The van der Waals surface area contributed by atoms with E-state index >= 15 is 0 Å². The summed E-state index contributed by atoms with van der Waals surface area (Å²) in [7, 11) is 2.00. The summed E-state index contributed by atoms with van der Waals surface area (Å²) in [4.78, 5) is 6.79. The first kappa shape index (κ1) is 11.9. The van der Waals surface area contributed by atoms with Crippen LogP contribution in [0.1, 0.15) is 17.2 Å². The fourth-order valence-electron chi connectivity index (χ4n) is 2.42. The third-order valence-corrected chi connectivity index (χ3v) is 4.49. The second kappa shape index (κ2) is 4.51. The molecular weight excluding hydrogens is 294 g/mol. The number of hydrogen-bond donors (Lipinski definition) is 0. The standard InChI is InChI=1S/C12H16BrN5/c1-9-12(13)10(16(2)15-9)7-17-5-6-18-4-3-14-11(18)8-17/h3-4H,5-8H2,1-2H3. The first-order chi connectivity index (χ1) is 8.65. The minimum absolute atomic E-state index is 0.906. The van der Waals surface area contributed by atoms with E-state index in [1.807, 2.05) is 24.9 Å². The molecular formula is C12H16BrN5. The molecule has 1 aliphatic rings. The Kier molecular flexibility index (Phi) is 2.99. The van der Waals surface area contributed by atoms with Gasteiger partial charge in [0.15, 0.2) is 0 Å². The number of hydrogen-bond acceptors (Lipinski definition) is 3. The van der Waals surface area contributed by atoms with E-state index < -0.39 is 0 Å². The van der Waals surface area contributed by atoms with Crippen LogP contribution in [-0.2, 0) is 26.7 Å². The van der Waals surface area contributed by atoms with Gasteiger partial charge >= 0.3 is 0 Å². The maximum Gasteiger partial charge on any atom is 0.122 e. The van der Waals surface area contributed by atoms with Crippen LogP contribution < -0.4 is 0 Å². The molecule has 6 heteroatoms. The molecule has 0 radical (unpaired) electrons. The fourth-order valence-corrected chi connectivity index (χ4v) is 2.88. The highest BCUT2D eigenvalue weighted by molar-refractivity contribution is 9.10. The summed E-state index contributed by atoms with van der Waals surface area (Å²) in [5.74, 6) is 1.15. The highest BCUT2D eigenvalue weighted by atomic mass is 79.9. The largest absolute Gasteiger partial charge is 0.333 e. The Balaban J connectivity index is 1.78. The molecule has 0 spiro atoms. The van der Waals surface area contributed by atoms with E-state index in [0.717, 1.165) is 42.2 Å². The molecule has 0 saturated heterocycles. The fraction of sp³-hybridized carbons (Fsp3) is 0.500. The van der Waals surface area contributed by atoms with Crippen molar-refractivity contribution in [2.75, 3.05) is 6.54 Å². The Morgan fingerprint density at radius 2 is 2.22 bits per heavy atom. The summed E-state index contributed by atoms with van der Waals surface area (Å²) in [6.07, 6.45) is 3.93. The maximum absolute atomic E-state index is 4.43. The van der Waals surface area contributed by atoms with Gasteiger partial charge < -0.3 is 4.57 Å². The molecule has 1 aliphatic heterocycles. The van der Waals surface area contributed by atoms with Crippen molar-refractivity contribution in [3.63, 3.8) is 0 Å². The highest BCUT2D eigenvalue weighted by Crippen LogP contribution is 2.23. The van der Waals surface area contributed by atoms with Crippen molar-refractivity contribution in [3.05, 3.63) is 34.1 Å². The van der Waals surface area contributed by atoms with Crippen LogP contribution in [-0.4, -0.2) is 30.8 Å². The van der Waals surface area contributed by atoms with Crippen LogP contribution in [0.5, 0.6) is 0 Å². The Hall–Kier alpha value is -1.14. The van der Waals surface area contributed by atoms with Crippen molar-refractivity contribution in [1.82, 2.24) is 24.2 Å². The van der Waals surface area contributed by atoms with Gasteiger partial charge in [-0.2, -0.15) is 5.10 Å². The molecule has 96 valence electrons. The number of imidazole rings is 1. The van der Waals surface area contributed by atoms with Crippen molar-refractivity contribution in [1.29, 1.82) is 0 Å². The number of halogens is 1. The van der Waals surface area contributed by atoms with Crippen LogP contribution in [0.3, 0.4) is 0 Å². The molecule has 3 rings (SSSR count). The normalized spacial score (nSPS) is 15.9. The van der Waals surface area contributed by atoms with Gasteiger partial charge in [0, 0.05) is 39.1 Å². The Morgan fingerprint density at radius 1 is 1.39 bits per heavy atom. The molecule has 5 nitrogen and oxygen atoms in total. The minimum Gasteiger partial charge on any atom is -0.333 e. The van der Waals surface area contributed by atoms with E-state index in [-0.39, 0.29) is 0 Å². The lowest BCUT2D eigenvalue weighted by atomic mass is 10.3. The van der Waals surface area contributed by atoms with E-state index in [2.05, 4.69) is 41.7 Å². The molecule has 0 aromatic carbocycles. The molecule has 0 atom stereocenters. The molecule has 0 aliphatic carbocycles. The van der Waals surface area contributed by atoms with Gasteiger partial charge in [-0.25, -0.2) is 4.98 Å². The van der Waals surface area contributed by atoms with Gasteiger partial charge in [-0.05, 0) is 22.9 Å². The summed E-state index contributed by atoms with van der Waals surface area (Å²) >= 11 is 3.62. The molecule has 0 saturated carbocycles. The Bertz CT molecular complexity index is 571. The van der Waals surface area contributed by atoms with Crippen molar-refractivity contribution in [2.24, 2.45) is 7.05 Å². The molecule has 0 amide bonds. The van der Waals surface area contributed by atoms with Crippen LogP contribution >= 0.6 is 15.9 Å². The number of aromatic nitrogens is 4. The lowest BCUT2D eigenvalue weighted by Crippen LogP contribution is -2.33. The third-order valence-electron chi connectivity index (χ3n) is 3.46. The second-order valence-corrected chi connectivity index (χ2v) is 5.51. The summed E-state index contributed by atoms with van der Waals surface area (Å²) in [6, 6.07) is 0. The summed E-state index contributed by atoms with van der Waals surface area (Å²) in [5, 5.41) is 4.43. The molecule has 18 heavy (non-hydrogen) atoms. The lowest BCUT2D eigenvalue weighted by molar-refractivity contribution is 0.203. The number of fused-ring (bicyclic) bond motifs is 1. The van der Waals surface area contributed by atoms with Crippen molar-refractivity contribution in [3.8, 4) is 0 Å². The van der Waals surface area contributed by atoms with E-state index in [1.54, 1.807) is 0 Å². The monoisotopic (exact) mass is 309 g/mol. The molecule has 0 fully saturated rings. The molecule has 0 N–H and O–H groups in total. The zero-order chi connectivity index (χ0) is 12.7. The Labute approximate surface area is 115 Å². The van der Waals surface area contributed by atoms with Gasteiger partial charge in [-0.1, -0.05) is 0 Å². The number of rotatable bonds is 2. The quantitative estimate of drug-likeness (QED) is 0.847. The van der Waals surface area contributed by atoms with Gasteiger partial charge in [0.25, 0.3) is 0 Å². The molecule has 2 aromatic rings. The van der Waals surface area contributed by atoms with E-state index in [9.17, 15) is 0 Å². The van der Waals surface area contributed by atoms with Gasteiger partial charge in [-0.3, -0.25) is 9.58 Å². The highest BCUT2D eigenvalue weighted by Gasteiger charge is 2.19. The van der Waals surface area contributed by atoms with Crippen molar-refractivity contribution >= 4 is 15.9 Å². The third kappa shape index (κ3) is 1.99. The first-order valence-corrected chi connectivity index (χ1v) is 6.85. The van der Waals surface area contributed by atoms with E-state index in [1.165, 1.54) is 5.69 Å². The zero-order valence-electron chi connectivity index (χ0n) is 10.6. The average Bonchev–Trinajstić information content (AvgIpc) is 2.89. The van der Waals surface area contributed by atoms with Crippen molar-refractivity contribution in [2.45, 2.75) is 26.6 Å². The van der Waals surface area contributed by atoms with E-state index in [4.69, 9.17) is 0 Å². The van der Waals surface area contributed by atoms with Gasteiger partial charge in [0.2, 0.25) is 0 Å². The molecule has 3 heterocycles. The molecule has 0 bridgehead atoms. The topological polar surface area (TPSA) is 38.9 Å². The molecule has 0 unspecified atom stereocenters. The van der Waals surface area contributed by atoms with Gasteiger partial charge in [0.05, 0.1) is 22.4 Å². The van der Waals surface area contributed by atoms with Gasteiger partial charge in [0.1, 0.15) is 5.82 Å². The summed E-state index contributed by atoms with van der Waals surface area (Å²) < 4.78 is 5.31. The summed E-state index contributed by atoms with van der Waals surface area (Å²) in [6.45, 7) is 5.91. The number of aryl methyl sites for hydroxylation is 2. The predicted octanol–water partition coefficient (Wildman–Crippen LogP) is 1.70.